The van der Waals surface area contributed by atoms with Crippen molar-refractivity contribution in [3.8, 4) is 5.75 Å². The number of benzene rings is 1. The third kappa shape index (κ3) is 10.2. The number of carboxylic acid groups (broad SMARTS) is 1. The van der Waals surface area contributed by atoms with E-state index in [0.717, 1.165) is 19.3 Å². The van der Waals surface area contributed by atoms with Gasteiger partial charge in [0.2, 0.25) is 0 Å². The van der Waals surface area contributed by atoms with Crippen molar-refractivity contribution in [1.82, 2.24) is 0 Å². The molecule has 0 aliphatic rings. The molecule has 8 nitrogen and oxygen atoms in total. The lowest BCUT2D eigenvalue weighted by Crippen LogP contribution is -2.22. The Balaban J connectivity index is 2.47. The van der Waals surface area contributed by atoms with Gasteiger partial charge in [-0.05, 0) is 31.4 Å². The number of non-ortho nitro benzene ring substituents is 1. The highest BCUT2D eigenvalue weighted by Gasteiger charge is 2.18. The number of rotatable bonds is 13. The van der Waals surface area contributed by atoms with Gasteiger partial charge in [0.1, 0.15) is 11.9 Å². The monoisotopic (exact) mass is 381 g/mol. The van der Waals surface area contributed by atoms with Crippen LogP contribution in [0.2, 0.25) is 0 Å². The Kier molecular flexibility index (Phi) is 10.5. The molecule has 1 N–H and O–H groups in total. The Morgan fingerprint density at radius 1 is 1.07 bits per heavy atom. The van der Waals surface area contributed by atoms with E-state index in [-0.39, 0.29) is 24.3 Å². The summed E-state index contributed by atoms with van der Waals surface area (Å²) in [5, 5.41) is 19.5. The van der Waals surface area contributed by atoms with Crippen LogP contribution in [0.5, 0.6) is 5.75 Å². The van der Waals surface area contributed by atoms with Crippen LogP contribution in [0.25, 0.3) is 0 Å². The maximum atomic E-state index is 11.9. The fourth-order valence-electron chi connectivity index (χ4n) is 2.59. The molecule has 0 saturated carbocycles. The van der Waals surface area contributed by atoms with Crippen molar-refractivity contribution in [2.24, 2.45) is 0 Å². The first kappa shape index (κ1) is 22.4. The second kappa shape index (κ2) is 12.7. The second-order valence-corrected chi connectivity index (χ2v) is 6.33. The SMILES string of the molecule is CCCCCCCC[C@@H](CCC(=O)O)OC(=O)Oc1ccc([N+](=O)[O-])cc1. The van der Waals surface area contributed by atoms with Gasteiger partial charge in [-0.15, -0.1) is 0 Å². The number of carbonyl (C=O) groups excluding carboxylic acids is 1. The Morgan fingerprint density at radius 3 is 2.30 bits per heavy atom. The zero-order valence-electron chi connectivity index (χ0n) is 15.6. The summed E-state index contributed by atoms with van der Waals surface area (Å²) in [5.74, 6) is -0.822. The molecular weight excluding hydrogens is 354 g/mol. The van der Waals surface area contributed by atoms with Crippen LogP contribution >= 0.6 is 0 Å². The quantitative estimate of drug-likeness (QED) is 0.166. The van der Waals surface area contributed by atoms with E-state index in [1.807, 2.05) is 0 Å². The van der Waals surface area contributed by atoms with Crippen LogP contribution < -0.4 is 4.74 Å². The summed E-state index contributed by atoms with van der Waals surface area (Å²) in [7, 11) is 0. The standard InChI is InChI=1S/C19H27NO7/c1-2-3-4-5-6-7-8-16(13-14-18(21)22)26-19(23)27-17-11-9-15(10-12-17)20(24)25/h9-12,16H,2-8,13-14H2,1H3,(H,21,22)/t16-/m0/s1. The number of hydrogen-bond donors (Lipinski definition) is 1. The molecule has 1 rings (SSSR count). The van der Waals surface area contributed by atoms with Crippen LogP contribution in [0.1, 0.15) is 64.7 Å². The lowest BCUT2D eigenvalue weighted by atomic mass is 10.0. The van der Waals surface area contributed by atoms with E-state index >= 15 is 0 Å². The van der Waals surface area contributed by atoms with E-state index in [1.54, 1.807) is 0 Å². The van der Waals surface area contributed by atoms with E-state index < -0.39 is 23.2 Å². The van der Waals surface area contributed by atoms with Crippen LogP contribution in [0.4, 0.5) is 10.5 Å². The van der Waals surface area contributed by atoms with Crippen molar-refractivity contribution in [2.75, 3.05) is 0 Å². The van der Waals surface area contributed by atoms with Gasteiger partial charge in [-0.3, -0.25) is 14.9 Å². The molecule has 27 heavy (non-hydrogen) atoms. The number of carboxylic acids is 1. The van der Waals surface area contributed by atoms with Crippen molar-refractivity contribution in [2.45, 2.75) is 70.8 Å². The molecule has 1 aromatic rings. The summed E-state index contributed by atoms with van der Waals surface area (Å²) >= 11 is 0. The Morgan fingerprint density at radius 2 is 1.70 bits per heavy atom. The molecule has 1 atom stereocenters. The van der Waals surface area contributed by atoms with Crippen molar-refractivity contribution < 1.29 is 29.1 Å². The molecule has 0 bridgehead atoms. The molecule has 8 heteroatoms. The smallest absolute Gasteiger partial charge is 0.481 e. The van der Waals surface area contributed by atoms with Gasteiger partial charge >= 0.3 is 12.1 Å². The van der Waals surface area contributed by atoms with E-state index in [0.29, 0.717) is 6.42 Å². The molecule has 0 heterocycles. The number of nitro benzene ring substituents is 1. The second-order valence-electron chi connectivity index (χ2n) is 6.33. The van der Waals surface area contributed by atoms with Gasteiger partial charge < -0.3 is 14.6 Å². The third-order valence-corrected chi connectivity index (χ3v) is 4.07. The van der Waals surface area contributed by atoms with Crippen LogP contribution in [0.3, 0.4) is 0 Å². The molecule has 0 aromatic heterocycles. The fourth-order valence-corrected chi connectivity index (χ4v) is 2.59. The summed E-state index contributed by atoms with van der Waals surface area (Å²) in [6.45, 7) is 2.15. The summed E-state index contributed by atoms with van der Waals surface area (Å²) in [6, 6.07) is 5.06. The molecule has 0 radical (unpaired) electrons. The van der Waals surface area contributed by atoms with E-state index in [4.69, 9.17) is 14.6 Å². The van der Waals surface area contributed by atoms with E-state index in [2.05, 4.69) is 6.92 Å². The van der Waals surface area contributed by atoms with Gasteiger partial charge in [0.25, 0.3) is 5.69 Å². The van der Waals surface area contributed by atoms with Crippen LogP contribution in [-0.4, -0.2) is 28.3 Å². The minimum Gasteiger partial charge on any atom is -0.481 e. The van der Waals surface area contributed by atoms with E-state index in [1.165, 1.54) is 43.5 Å². The number of carbonyl (C=O) groups is 2. The molecular formula is C19H27NO7. The van der Waals surface area contributed by atoms with Gasteiger partial charge in [0, 0.05) is 18.6 Å². The van der Waals surface area contributed by atoms with Gasteiger partial charge in [-0.1, -0.05) is 39.0 Å². The highest BCUT2D eigenvalue weighted by atomic mass is 16.7. The number of unbranched alkanes of at least 4 members (excludes halogenated alkanes) is 5. The summed E-state index contributed by atoms with van der Waals surface area (Å²) in [6.07, 6.45) is 5.72. The largest absolute Gasteiger partial charge is 0.514 e. The number of nitro groups is 1. The number of aliphatic carboxylic acids is 1. The summed E-state index contributed by atoms with van der Waals surface area (Å²) < 4.78 is 10.3. The molecule has 150 valence electrons. The highest BCUT2D eigenvalue weighted by molar-refractivity contribution is 5.67. The molecule has 0 saturated heterocycles. The van der Waals surface area contributed by atoms with Gasteiger partial charge in [-0.25, -0.2) is 4.79 Å². The van der Waals surface area contributed by atoms with Crippen LogP contribution in [0.15, 0.2) is 24.3 Å². The number of ether oxygens (including phenoxy) is 2. The van der Waals surface area contributed by atoms with Gasteiger partial charge in [0.05, 0.1) is 4.92 Å². The minimum atomic E-state index is -0.949. The lowest BCUT2D eigenvalue weighted by molar-refractivity contribution is -0.384. The molecule has 1 aromatic carbocycles. The third-order valence-electron chi connectivity index (χ3n) is 4.07. The fraction of sp³-hybridized carbons (Fsp3) is 0.579. The zero-order chi connectivity index (χ0) is 20.1. The number of nitrogens with zero attached hydrogens (tertiary/aromatic N) is 1. The van der Waals surface area contributed by atoms with Crippen molar-refractivity contribution in [1.29, 1.82) is 0 Å². The molecule has 0 unspecified atom stereocenters. The molecule has 0 amide bonds. The predicted molar refractivity (Wildman–Crippen MR) is 98.9 cm³/mol. The molecule has 0 fully saturated rings. The Bertz CT molecular complexity index is 601. The maximum absolute atomic E-state index is 11.9. The van der Waals surface area contributed by atoms with E-state index in [9.17, 15) is 19.7 Å². The number of hydrogen-bond acceptors (Lipinski definition) is 6. The predicted octanol–water partition coefficient (Wildman–Crippen LogP) is 5.09. The average Bonchev–Trinajstić information content (AvgIpc) is 2.62. The lowest BCUT2D eigenvalue weighted by Gasteiger charge is -2.17. The molecule has 0 aliphatic heterocycles. The summed E-state index contributed by atoms with van der Waals surface area (Å²) in [5.41, 5.74) is -0.113. The van der Waals surface area contributed by atoms with Gasteiger partial charge in [-0.2, -0.15) is 0 Å². The molecule has 0 spiro atoms. The molecule has 0 aliphatic carbocycles. The zero-order valence-corrected chi connectivity index (χ0v) is 15.6. The topological polar surface area (TPSA) is 116 Å². The first-order valence-corrected chi connectivity index (χ1v) is 9.27. The van der Waals surface area contributed by atoms with Crippen molar-refractivity contribution in [3.05, 3.63) is 34.4 Å². The van der Waals surface area contributed by atoms with Gasteiger partial charge in [0.15, 0.2) is 0 Å². The average molecular weight is 381 g/mol. The van der Waals surface area contributed by atoms with Crippen molar-refractivity contribution >= 4 is 17.8 Å². The summed E-state index contributed by atoms with van der Waals surface area (Å²) in [4.78, 5) is 32.8. The Labute approximate surface area is 158 Å². The highest BCUT2D eigenvalue weighted by Crippen LogP contribution is 2.19. The van der Waals surface area contributed by atoms with Crippen LogP contribution in [-0.2, 0) is 9.53 Å². The first-order chi connectivity index (χ1) is 12.9. The van der Waals surface area contributed by atoms with Crippen LogP contribution in [0, 0.1) is 10.1 Å². The minimum absolute atomic E-state index is 0.0920. The van der Waals surface area contributed by atoms with Crippen molar-refractivity contribution in [3.63, 3.8) is 0 Å². The first-order valence-electron chi connectivity index (χ1n) is 9.27. The normalized spacial score (nSPS) is 11.6. The maximum Gasteiger partial charge on any atom is 0.514 e. The Hall–Kier alpha value is -2.64.